The molecule has 0 spiro atoms. The second kappa shape index (κ2) is 4.39. The van der Waals surface area contributed by atoms with Crippen molar-refractivity contribution in [3.8, 4) is 6.07 Å². The van der Waals surface area contributed by atoms with Crippen molar-refractivity contribution in [1.82, 2.24) is 14.5 Å². The van der Waals surface area contributed by atoms with Gasteiger partial charge in [-0.2, -0.15) is 5.26 Å². The molecule has 0 atom stereocenters. The number of hydrogen-bond acceptors (Lipinski definition) is 4. The van der Waals surface area contributed by atoms with Crippen LogP contribution in [0, 0.1) is 16.7 Å². The maximum atomic E-state index is 9.41. The Hall–Kier alpha value is -1.93. The van der Waals surface area contributed by atoms with Gasteiger partial charge in [-0.3, -0.25) is 0 Å². The Labute approximate surface area is 106 Å². The van der Waals surface area contributed by atoms with Crippen LogP contribution in [0.25, 0.3) is 11.0 Å². The summed E-state index contributed by atoms with van der Waals surface area (Å²) in [5.74, 6) is 0.153. The van der Waals surface area contributed by atoms with E-state index in [1.54, 1.807) is 6.20 Å². The molecule has 2 heterocycles. The SMILES string of the molecule is CC(C)(C)Cn1c(CO)cc2cnc(C#N)nc21. The summed E-state index contributed by atoms with van der Waals surface area (Å²) >= 11 is 0. The van der Waals surface area contributed by atoms with Gasteiger partial charge in [0.05, 0.1) is 6.61 Å². The molecule has 0 radical (unpaired) electrons. The van der Waals surface area contributed by atoms with Gasteiger partial charge in [0.25, 0.3) is 0 Å². The van der Waals surface area contributed by atoms with Gasteiger partial charge in [0, 0.05) is 23.8 Å². The zero-order valence-corrected chi connectivity index (χ0v) is 10.8. The van der Waals surface area contributed by atoms with Crippen molar-refractivity contribution in [2.45, 2.75) is 33.9 Å². The number of aliphatic hydroxyl groups is 1. The number of aromatic nitrogens is 3. The highest BCUT2D eigenvalue weighted by molar-refractivity contribution is 5.76. The summed E-state index contributed by atoms with van der Waals surface area (Å²) in [6.07, 6.45) is 1.62. The average molecular weight is 244 g/mol. The van der Waals surface area contributed by atoms with Crippen LogP contribution in [-0.2, 0) is 13.2 Å². The van der Waals surface area contributed by atoms with E-state index in [4.69, 9.17) is 5.26 Å². The minimum atomic E-state index is -0.0473. The number of rotatable bonds is 2. The lowest BCUT2D eigenvalue weighted by atomic mass is 9.97. The van der Waals surface area contributed by atoms with Crippen LogP contribution in [-0.4, -0.2) is 19.6 Å². The molecule has 18 heavy (non-hydrogen) atoms. The lowest BCUT2D eigenvalue weighted by molar-refractivity contribution is 0.260. The van der Waals surface area contributed by atoms with Crippen LogP contribution in [0.1, 0.15) is 32.3 Å². The van der Waals surface area contributed by atoms with Gasteiger partial charge in [-0.05, 0) is 11.5 Å². The monoisotopic (exact) mass is 244 g/mol. The number of hydrogen-bond donors (Lipinski definition) is 1. The van der Waals surface area contributed by atoms with E-state index in [1.807, 2.05) is 16.7 Å². The van der Waals surface area contributed by atoms with Gasteiger partial charge in [0.2, 0.25) is 5.82 Å². The smallest absolute Gasteiger partial charge is 0.234 e. The van der Waals surface area contributed by atoms with E-state index in [0.29, 0.717) is 5.65 Å². The summed E-state index contributed by atoms with van der Waals surface area (Å²) in [7, 11) is 0. The Morgan fingerprint density at radius 3 is 2.72 bits per heavy atom. The standard InChI is InChI=1S/C13H16N4O/c1-13(2,3)8-17-10(7-18)4-9-6-15-11(5-14)16-12(9)17/h4,6,18H,7-8H2,1-3H3. The summed E-state index contributed by atoms with van der Waals surface area (Å²) in [5, 5.41) is 19.1. The molecule has 2 aromatic rings. The largest absolute Gasteiger partial charge is 0.390 e. The van der Waals surface area contributed by atoms with Crippen LogP contribution in [0.3, 0.4) is 0 Å². The fraction of sp³-hybridized carbons (Fsp3) is 0.462. The first-order chi connectivity index (χ1) is 8.44. The van der Waals surface area contributed by atoms with Crippen LogP contribution in [0.5, 0.6) is 0 Å². The second-order valence-corrected chi connectivity index (χ2v) is 5.52. The molecule has 0 unspecified atom stereocenters. The molecule has 0 bridgehead atoms. The zero-order valence-electron chi connectivity index (χ0n) is 10.8. The summed E-state index contributed by atoms with van der Waals surface area (Å²) in [5.41, 5.74) is 1.57. The molecule has 0 aliphatic heterocycles. The summed E-state index contributed by atoms with van der Waals surface area (Å²) in [6, 6.07) is 3.80. The maximum Gasteiger partial charge on any atom is 0.234 e. The predicted molar refractivity (Wildman–Crippen MR) is 67.6 cm³/mol. The molecule has 0 saturated carbocycles. The normalized spacial score (nSPS) is 11.7. The Kier molecular flexibility index (Phi) is 3.05. The average Bonchev–Trinajstić information content (AvgIpc) is 2.64. The molecule has 5 nitrogen and oxygen atoms in total. The van der Waals surface area contributed by atoms with E-state index >= 15 is 0 Å². The molecule has 0 saturated heterocycles. The molecule has 5 heteroatoms. The van der Waals surface area contributed by atoms with Gasteiger partial charge in [-0.15, -0.1) is 0 Å². The van der Waals surface area contributed by atoms with Crippen molar-refractivity contribution in [2.75, 3.05) is 0 Å². The molecule has 0 aliphatic rings. The summed E-state index contributed by atoms with van der Waals surface area (Å²) < 4.78 is 1.96. The lowest BCUT2D eigenvalue weighted by Crippen LogP contribution is -2.17. The quantitative estimate of drug-likeness (QED) is 0.874. The molecule has 1 N–H and O–H groups in total. The summed E-state index contributed by atoms with van der Waals surface area (Å²) in [4.78, 5) is 8.17. The van der Waals surface area contributed by atoms with Gasteiger partial charge in [-0.25, -0.2) is 9.97 Å². The summed E-state index contributed by atoms with van der Waals surface area (Å²) in [6.45, 7) is 7.04. The first kappa shape index (κ1) is 12.5. The Morgan fingerprint density at radius 1 is 1.44 bits per heavy atom. The van der Waals surface area contributed by atoms with Crippen LogP contribution in [0.2, 0.25) is 0 Å². The van der Waals surface area contributed by atoms with Crippen LogP contribution < -0.4 is 0 Å². The molecule has 0 aliphatic carbocycles. The van der Waals surface area contributed by atoms with E-state index < -0.39 is 0 Å². The third kappa shape index (κ3) is 2.34. The van der Waals surface area contributed by atoms with Crippen LogP contribution in [0.4, 0.5) is 0 Å². The van der Waals surface area contributed by atoms with Crippen molar-refractivity contribution in [2.24, 2.45) is 5.41 Å². The van der Waals surface area contributed by atoms with Crippen molar-refractivity contribution in [3.05, 3.63) is 23.8 Å². The van der Waals surface area contributed by atoms with E-state index in [0.717, 1.165) is 17.6 Å². The maximum absolute atomic E-state index is 9.41. The van der Waals surface area contributed by atoms with Gasteiger partial charge in [0.15, 0.2) is 0 Å². The third-order valence-electron chi connectivity index (χ3n) is 2.61. The first-order valence-corrected chi connectivity index (χ1v) is 5.81. The molecule has 0 aromatic carbocycles. The molecule has 0 fully saturated rings. The number of nitriles is 1. The number of fused-ring (bicyclic) bond motifs is 1. The Balaban J connectivity index is 2.63. The molecule has 2 rings (SSSR count). The van der Waals surface area contributed by atoms with Crippen LogP contribution in [0.15, 0.2) is 12.3 Å². The van der Waals surface area contributed by atoms with E-state index in [9.17, 15) is 5.11 Å². The Bertz CT molecular complexity index is 616. The van der Waals surface area contributed by atoms with Gasteiger partial charge in [-0.1, -0.05) is 20.8 Å². The highest BCUT2D eigenvalue weighted by Crippen LogP contribution is 2.24. The van der Waals surface area contributed by atoms with Crippen molar-refractivity contribution in [3.63, 3.8) is 0 Å². The van der Waals surface area contributed by atoms with Crippen LogP contribution >= 0.6 is 0 Å². The predicted octanol–water partition coefficient (Wildman–Crippen LogP) is 1.84. The lowest BCUT2D eigenvalue weighted by Gasteiger charge is -2.21. The number of aliphatic hydroxyl groups excluding tert-OH is 1. The van der Waals surface area contributed by atoms with E-state index in [2.05, 4.69) is 30.7 Å². The second-order valence-electron chi connectivity index (χ2n) is 5.52. The topological polar surface area (TPSA) is 74.7 Å². The van der Waals surface area contributed by atoms with Gasteiger partial charge in [0.1, 0.15) is 11.7 Å². The van der Waals surface area contributed by atoms with Gasteiger partial charge >= 0.3 is 0 Å². The Morgan fingerprint density at radius 2 is 2.17 bits per heavy atom. The first-order valence-electron chi connectivity index (χ1n) is 5.81. The molecular formula is C13H16N4O. The molecule has 2 aromatic heterocycles. The molecular weight excluding hydrogens is 228 g/mol. The highest BCUT2D eigenvalue weighted by Gasteiger charge is 2.17. The van der Waals surface area contributed by atoms with E-state index in [1.165, 1.54) is 0 Å². The third-order valence-corrected chi connectivity index (χ3v) is 2.61. The molecule has 0 amide bonds. The van der Waals surface area contributed by atoms with Crippen molar-refractivity contribution in [1.29, 1.82) is 5.26 Å². The zero-order chi connectivity index (χ0) is 13.3. The van der Waals surface area contributed by atoms with Crippen molar-refractivity contribution >= 4 is 11.0 Å². The minimum Gasteiger partial charge on any atom is -0.390 e. The minimum absolute atomic E-state index is 0.0473. The fourth-order valence-electron chi connectivity index (χ4n) is 1.93. The van der Waals surface area contributed by atoms with Gasteiger partial charge < -0.3 is 9.67 Å². The van der Waals surface area contributed by atoms with Crippen molar-refractivity contribution < 1.29 is 5.11 Å². The molecule has 94 valence electrons. The highest BCUT2D eigenvalue weighted by atomic mass is 16.3. The van der Waals surface area contributed by atoms with E-state index in [-0.39, 0.29) is 17.8 Å². The fourth-order valence-corrected chi connectivity index (χ4v) is 1.93. The number of nitrogens with zero attached hydrogens (tertiary/aromatic N) is 4.